The normalized spacial score (nSPS) is 27.8. The molecule has 0 saturated heterocycles. The maximum absolute atomic E-state index is 14.6. The zero-order chi connectivity index (χ0) is 16.0. The first kappa shape index (κ1) is 17.7. The second-order valence-electron chi connectivity index (χ2n) is 7.67. The van der Waals surface area contributed by atoms with E-state index in [0.29, 0.717) is 6.54 Å². The molecule has 4 rings (SSSR count). The van der Waals surface area contributed by atoms with Crippen molar-refractivity contribution < 1.29 is 9.18 Å². The standard InChI is InChI=1S/C19H25FN2O.ClH/c20-15-7-4-8-16-17(15)19(9-1-2-10-19)12-22(16)18(23)13-5-3-6-14(21)11-13;/h4,7-8,13-14H,1-3,5-6,9-12,21H2;1H. The molecule has 0 bridgehead atoms. The Kier molecular flexibility index (Phi) is 4.89. The summed E-state index contributed by atoms with van der Waals surface area (Å²) in [5, 5.41) is 0. The first-order chi connectivity index (χ1) is 11.1. The van der Waals surface area contributed by atoms with Gasteiger partial charge in [0.1, 0.15) is 5.82 Å². The number of fused-ring (bicyclic) bond motifs is 2. The smallest absolute Gasteiger partial charge is 0.230 e. The first-order valence-corrected chi connectivity index (χ1v) is 8.97. The molecular formula is C19H26ClFN2O. The van der Waals surface area contributed by atoms with Gasteiger partial charge in [0.15, 0.2) is 0 Å². The second-order valence-corrected chi connectivity index (χ2v) is 7.67. The maximum Gasteiger partial charge on any atom is 0.230 e. The summed E-state index contributed by atoms with van der Waals surface area (Å²) in [5.74, 6) is 0.0299. The van der Waals surface area contributed by atoms with Gasteiger partial charge in [-0.1, -0.05) is 25.3 Å². The van der Waals surface area contributed by atoms with Crippen molar-refractivity contribution in [1.29, 1.82) is 0 Å². The molecule has 5 heteroatoms. The second kappa shape index (κ2) is 6.64. The Labute approximate surface area is 149 Å². The molecule has 1 heterocycles. The lowest BCUT2D eigenvalue weighted by molar-refractivity contribution is -0.123. The average Bonchev–Trinajstić information content (AvgIpc) is 3.14. The molecule has 1 aromatic carbocycles. The van der Waals surface area contributed by atoms with Crippen molar-refractivity contribution in [1.82, 2.24) is 0 Å². The number of nitrogens with two attached hydrogens (primary N) is 1. The summed E-state index contributed by atoms with van der Waals surface area (Å²) in [6, 6.07) is 5.33. The number of carbonyl (C=O) groups excluding carboxylic acids is 1. The molecule has 2 N–H and O–H groups in total. The van der Waals surface area contributed by atoms with E-state index in [9.17, 15) is 9.18 Å². The van der Waals surface area contributed by atoms with E-state index in [1.165, 1.54) is 0 Å². The van der Waals surface area contributed by atoms with Gasteiger partial charge in [0.25, 0.3) is 0 Å². The molecule has 1 aromatic rings. The van der Waals surface area contributed by atoms with E-state index in [1.54, 1.807) is 12.1 Å². The van der Waals surface area contributed by atoms with E-state index in [4.69, 9.17) is 5.73 Å². The van der Waals surface area contributed by atoms with Crippen molar-refractivity contribution in [2.45, 2.75) is 62.8 Å². The Morgan fingerprint density at radius 1 is 1.21 bits per heavy atom. The number of hydrogen-bond acceptors (Lipinski definition) is 2. The summed E-state index contributed by atoms with van der Waals surface area (Å²) in [6.45, 7) is 0.661. The molecule has 3 aliphatic rings. The number of carbonyl (C=O) groups is 1. The molecule has 0 aromatic heterocycles. The summed E-state index contributed by atoms with van der Waals surface area (Å²) in [5.41, 5.74) is 7.53. The number of benzene rings is 1. The molecule has 2 unspecified atom stereocenters. The Morgan fingerprint density at radius 3 is 2.67 bits per heavy atom. The predicted molar refractivity (Wildman–Crippen MR) is 96.1 cm³/mol. The van der Waals surface area contributed by atoms with Crippen molar-refractivity contribution in [2.24, 2.45) is 11.7 Å². The quantitative estimate of drug-likeness (QED) is 0.832. The highest BCUT2D eigenvalue weighted by molar-refractivity contribution is 5.98. The van der Waals surface area contributed by atoms with E-state index in [0.717, 1.165) is 62.6 Å². The van der Waals surface area contributed by atoms with Crippen LogP contribution in [0.3, 0.4) is 0 Å². The molecule has 2 fully saturated rings. The molecule has 1 amide bonds. The third-order valence-electron chi connectivity index (χ3n) is 6.16. The van der Waals surface area contributed by atoms with Gasteiger partial charge >= 0.3 is 0 Å². The van der Waals surface area contributed by atoms with Gasteiger partial charge in [0.2, 0.25) is 5.91 Å². The van der Waals surface area contributed by atoms with Crippen LogP contribution in [-0.4, -0.2) is 18.5 Å². The Balaban J connectivity index is 0.00000169. The van der Waals surface area contributed by atoms with E-state index in [-0.39, 0.29) is 41.5 Å². The number of halogens is 2. The topological polar surface area (TPSA) is 46.3 Å². The van der Waals surface area contributed by atoms with Crippen LogP contribution in [0.4, 0.5) is 10.1 Å². The zero-order valence-corrected chi connectivity index (χ0v) is 14.8. The monoisotopic (exact) mass is 352 g/mol. The lowest BCUT2D eigenvalue weighted by Crippen LogP contribution is -2.42. The lowest BCUT2D eigenvalue weighted by Gasteiger charge is -2.31. The number of anilines is 1. The predicted octanol–water partition coefficient (Wildman–Crippen LogP) is 3.92. The van der Waals surface area contributed by atoms with Gasteiger partial charge < -0.3 is 10.6 Å². The highest BCUT2D eigenvalue weighted by Crippen LogP contribution is 2.51. The zero-order valence-electron chi connectivity index (χ0n) is 14.0. The largest absolute Gasteiger partial charge is 0.328 e. The van der Waals surface area contributed by atoms with E-state index in [2.05, 4.69) is 0 Å². The average molecular weight is 353 g/mol. The summed E-state index contributed by atoms with van der Waals surface area (Å²) in [4.78, 5) is 15.0. The SMILES string of the molecule is Cl.NC1CCCC(C(=O)N2CC3(CCCC3)c3c(F)cccc32)C1. The summed E-state index contributed by atoms with van der Waals surface area (Å²) in [7, 11) is 0. The van der Waals surface area contributed by atoms with Gasteiger partial charge in [-0.25, -0.2) is 4.39 Å². The fourth-order valence-corrected chi connectivity index (χ4v) is 5.06. The van der Waals surface area contributed by atoms with Crippen molar-refractivity contribution >= 4 is 24.0 Å². The molecule has 1 aliphatic heterocycles. The van der Waals surface area contributed by atoms with Crippen LogP contribution in [0.15, 0.2) is 18.2 Å². The van der Waals surface area contributed by atoms with E-state index < -0.39 is 0 Å². The third-order valence-corrected chi connectivity index (χ3v) is 6.16. The minimum absolute atomic E-state index is 0. The minimum atomic E-state index is -0.146. The van der Waals surface area contributed by atoms with E-state index in [1.807, 2.05) is 11.0 Å². The Morgan fingerprint density at radius 2 is 1.96 bits per heavy atom. The van der Waals surface area contributed by atoms with Gasteiger partial charge in [0.05, 0.1) is 5.69 Å². The fraction of sp³-hybridized carbons (Fsp3) is 0.632. The van der Waals surface area contributed by atoms with Crippen LogP contribution in [0.1, 0.15) is 56.9 Å². The van der Waals surface area contributed by atoms with Crippen molar-refractivity contribution in [3.05, 3.63) is 29.6 Å². The molecule has 2 aliphatic carbocycles. The molecule has 24 heavy (non-hydrogen) atoms. The number of hydrogen-bond donors (Lipinski definition) is 1. The van der Waals surface area contributed by atoms with Crippen LogP contribution < -0.4 is 10.6 Å². The van der Waals surface area contributed by atoms with Crippen LogP contribution in [0, 0.1) is 11.7 Å². The van der Waals surface area contributed by atoms with Crippen molar-refractivity contribution in [3.8, 4) is 0 Å². The van der Waals surface area contributed by atoms with Crippen molar-refractivity contribution in [2.75, 3.05) is 11.4 Å². The van der Waals surface area contributed by atoms with Gasteiger partial charge in [-0.15, -0.1) is 12.4 Å². The Bertz CT molecular complexity index is 630. The highest BCUT2D eigenvalue weighted by Gasteiger charge is 2.48. The number of amides is 1. The maximum atomic E-state index is 14.6. The molecule has 0 radical (unpaired) electrons. The van der Waals surface area contributed by atoms with Crippen molar-refractivity contribution in [3.63, 3.8) is 0 Å². The molecule has 2 atom stereocenters. The third kappa shape index (κ3) is 2.74. The molecular weight excluding hydrogens is 327 g/mol. The summed E-state index contributed by atoms with van der Waals surface area (Å²) < 4.78 is 14.6. The van der Waals surface area contributed by atoms with Gasteiger partial charge in [-0.2, -0.15) is 0 Å². The molecule has 2 saturated carbocycles. The van der Waals surface area contributed by atoms with Crippen LogP contribution in [0.2, 0.25) is 0 Å². The molecule has 1 spiro atoms. The van der Waals surface area contributed by atoms with E-state index >= 15 is 0 Å². The summed E-state index contributed by atoms with van der Waals surface area (Å²) in [6.07, 6.45) is 7.97. The lowest BCUT2D eigenvalue weighted by atomic mass is 9.80. The summed E-state index contributed by atoms with van der Waals surface area (Å²) >= 11 is 0. The molecule has 3 nitrogen and oxygen atoms in total. The Hall–Kier alpha value is -1.13. The van der Waals surface area contributed by atoms with Crippen LogP contribution in [-0.2, 0) is 10.2 Å². The number of rotatable bonds is 1. The highest BCUT2D eigenvalue weighted by atomic mass is 35.5. The fourth-order valence-electron chi connectivity index (χ4n) is 5.06. The van der Waals surface area contributed by atoms with Gasteiger partial charge in [0, 0.05) is 29.5 Å². The van der Waals surface area contributed by atoms with Crippen LogP contribution >= 0.6 is 12.4 Å². The van der Waals surface area contributed by atoms with Crippen LogP contribution in [0.25, 0.3) is 0 Å². The van der Waals surface area contributed by atoms with Crippen LogP contribution in [0.5, 0.6) is 0 Å². The van der Waals surface area contributed by atoms with Gasteiger partial charge in [-0.3, -0.25) is 4.79 Å². The molecule has 132 valence electrons. The minimum Gasteiger partial charge on any atom is -0.328 e. The van der Waals surface area contributed by atoms with Gasteiger partial charge in [-0.05, 0) is 44.2 Å². The first-order valence-electron chi connectivity index (χ1n) is 8.97. The number of nitrogens with zero attached hydrogens (tertiary/aromatic N) is 1.